The second kappa shape index (κ2) is 11.9. The number of benzene rings is 2. The molecular formula is C30H38N4O6. The van der Waals surface area contributed by atoms with Crippen molar-refractivity contribution in [3.8, 4) is 0 Å². The quantitative estimate of drug-likeness (QED) is 0.514. The van der Waals surface area contributed by atoms with Crippen LogP contribution in [0.25, 0.3) is 0 Å². The molecule has 0 saturated heterocycles. The third-order valence-electron chi connectivity index (χ3n) is 6.35. The van der Waals surface area contributed by atoms with E-state index in [4.69, 9.17) is 4.74 Å². The predicted molar refractivity (Wildman–Crippen MR) is 153 cm³/mol. The Morgan fingerprint density at radius 3 is 2.17 bits per heavy atom. The number of fused-ring (bicyclic) bond motifs is 1. The van der Waals surface area contributed by atoms with Crippen LogP contribution in [0.4, 0.5) is 21.9 Å². The number of ether oxygens (including phenoxy) is 1. The monoisotopic (exact) mass is 550 g/mol. The van der Waals surface area contributed by atoms with Gasteiger partial charge in [-0.1, -0.05) is 59.7 Å². The maximum Gasteiger partial charge on any atom is 0.338 e. The molecule has 1 atom stereocenters. The molecular weight excluding hydrogens is 512 g/mol. The van der Waals surface area contributed by atoms with E-state index in [1.165, 1.54) is 15.9 Å². The van der Waals surface area contributed by atoms with Crippen molar-refractivity contribution in [2.45, 2.75) is 54.5 Å². The molecule has 214 valence electrons. The van der Waals surface area contributed by atoms with Gasteiger partial charge >= 0.3 is 12.0 Å². The molecule has 2 aromatic rings. The molecule has 0 bridgehead atoms. The van der Waals surface area contributed by atoms with E-state index < -0.39 is 34.8 Å². The summed E-state index contributed by atoms with van der Waals surface area (Å²) < 4.78 is 5.01. The van der Waals surface area contributed by atoms with Crippen LogP contribution in [0.15, 0.2) is 48.5 Å². The number of amides is 4. The van der Waals surface area contributed by atoms with E-state index in [-0.39, 0.29) is 37.0 Å². The molecule has 10 nitrogen and oxygen atoms in total. The molecule has 3 rings (SSSR count). The molecule has 1 aliphatic rings. The van der Waals surface area contributed by atoms with Gasteiger partial charge in [0.15, 0.2) is 5.78 Å². The van der Waals surface area contributed by atoms with Crippen molar-refractivity contribution in [3.63, 3.8) is 0 Å². The first-order valence-electron chi connectivity index (χ1n) is 13.2. The van der Waals surface area contributed by atoms with Gasteiger partial charge in [0, 0.05) is 16.5 Å². The number of ketones is 1. The molecule has 4 amide bonds. The summed E-state index contributed by atoms with van der Waals surface area (Å²) in [5.41, 5.74) is -0.0392. The Morgan fingerprint density at radius 2 is 1.57 bits per heavy atom. The van der Waals surface area contributed by atoms with Crippen LogP contribution in [0.2, 0.25) is 0 Å². The van der Waals surface area contributed by atoms with Crippen molar-refractivity contribution in [1.82, 2.24) is 5.32 Å². The maximum atomic E-state index is 13.9. The Kier molecular flexibility index (Phi) is 9.02. The van der Waals surface area contributed by atoms with E-state index in [0.717, 1.165) is 0 Å². The molecule has 0 aliphatic carbocycles. The van der Waals surface area contributed by atoms with E-state index in [1.54, 1.807) is 90.9 Å². The normalized spacial score (nSPS) is 15.6. The SMILES string of the molecule is CCOC(=O)c1cccc(NC(=O)NC2CN(C(=O)C(C)(C)C)c3ccccc3N(CC(=O)C(C)(C)C)C2=O)c1. The number of nitrogens with zero attached hydrogens (tertiary/aromatic N) is 2. The number of carbonyl (C=O) groups is 5. The highest BCUT2D eigenvalue weighted by molar-refractivity contribution is 6.11. The third-order valence-corrected chi connectivity index (χ3v) is 6.35. The maximum absolute atomic E-state index is 13.9. The van der Waals surface area contributed by atoms with E-state index in [1.807, 2.05) is 0 Å². The number of carbonyl (C=O) groups excluding carboxylic acids is 5. The van der Waals surface area contributed by atoms with Crippen molar-refractivity contribution in [3.05, 3.63) is 54.1 Å². The fraction of sp³-hybridized carbons (Fsp3) is 0.433. The summed E-state index contributed by atoms with van der Waals surface area (Å²) in [4.78, 5) is 68.6. The van der Waals surface area contributed by atoms with E-state index in [2.05, 4.69) is 10.6 Å². The van der Waals surface area contributed by atoms with Crippen LogP contribution in [0.3, 0.4) is 0 Å². The summed E-state index contributed by atoms with van der Waals surface area (Å²) in [7, 11) is 0. The lowest BCUT2D eigenvalue weighted by Crippen LogP contribution is -2.55. The van der Waals surface area contributed by atoms with Crippen molar-refractivity contribution >= 4 is 46.7 Å². The lowest BCUT2D eigenvalue weighted by atomic mass is 9.90. The summed E-state index contributed by atoms with van der Waals surface area (Å²) in [6, 6.07) is 11.2. The number of hydrogen-bond acceptors (Lipinski definition) is 6. The summed E-state index contributed by atoms with van der Waals surface area (Å²) in [5.74, 6) is -1.47. The van der Waals surface area contributed by atoms with Crippen molar-refractivity contribution < 1.29 is 28.7 Å². The number of rotatable bonds is 6. The lowest BCUT2D eigenvalue weighted by molar-refractivity contribution is -0.128. The fourth-order valence-corrected chi connectivity index (χ4v) is 4.10. The van der Waals surface area contributed by atoms with E-state index in [9.17, 15) is 24.0 Å². The Labute approximate surface area is 235 Å². The molecule has 0 saturated carbocycles. The van der Waals surface area contributed by atoms with Crippen LogP contribution >= 0.6 is 0 Å². The topological polar surface area (TPSA) is 125 Å². The minimum absolute atomic E-state index is 0.136. The van der Waals surface area contributed by atoms with Gasteiger partial charge in [-0.15, -0.1) is 0 Å². The average molecular weight is 551 g/mol. The molecule has 1 aliphatic heterocycles. The number of urea groups is 1. The molecule has 10 heteroatoms. The molecule has 1 unspecified atom stereocenters. The van der Waals surface area contributed by atoms with Gasteiger partial charge in [0.2, 0.25) is 5.91 Å². The second-order valence-corrected chi connectivity index (χ2v) is 11.7. The molecule has 0 aromatic heterocycles. The zero-order valence-corrected chi connectivity index (χ0v) is 24.2. The molecule has 1 heterocycles. The highest BCUT2D eigenvalue weighted by Crippen LogP contribution is 2.36. The standard InChI is InChI=1S/C30H38N4O6/c1-8-40-26(37)19-12-11-13-20(16-19)31-28(39)32-21-17-34(27(38)30(5,6)7)23-15-10-9-14-22(23)33(25(21)36)18-24(35)29(2,3)4/h9-16,21H,8,17-18H2,1-7H3,(H2,31,32,39). The molecule has 2 N–H and O–H groups in total. The molecule has 40 heavy (non-hydrogen) atoms. The minimum atomic E-state index is -1.17. The van der Waals surface area contributed by atoms with E-state index in [0.29, 0.717) is 17.1 Å². The number of nitrogens with one attached hydrogen (secondary N) is 2. The van der Waals surface area contributed by atoms with Gasteiger partial charge in [-0.2, -0.15) is 0 Å². The number of esters is 1. The minimum Gasteiger partial charge on any atom is -0.462 e. The van der Waals surface area contributed by atoms with Crippen LogP contribution in [0.1, 0.15) is 58.8 Å². The number of Topliss-reactive ketones (excluding diaryl/α,β-unsaturated/α-hetero) is 1. The van der Waals surface area contributed by atoms with E-state index >= 15 is 0 Å². The van der Waals surface area contributed by atoms with Crippen LogP contribution < -0.4 is 20.4 Å². The van der Waals surface area contributed by atoms with Crippen molar-refractivity contribution in [1.29, 1.82) is 0 Å². The third kappa shape index (κ3) is 7.05. The summed E-state index contributed by atoms with van der Waals surface area (Å²) >= 11 is 0. The molecule has 0 radical (unpaired) electrons. The van der Waals surface area contributed by atoms with Crippen LogP contribution in [0.5, 0.6) is 0 Å². The molecule has 0 spiro atoms. The summed E-state index contributed by atoms with van der Waals surface area (Å²) in [5, 5.41) is 5.33. The highest BCUT2D eigenvalue weighted by Gasteiger charge is 2.40. The largest absolute Gasteiger partial charge is 0.462 e. The van der Waals surface area contributed by atoms with Crippen molar-refractivity contribution in [2.75, 3.05) is 34.8 Å². The molecule has 2 aromatic carbocycles. The number of para-hydroxylation sites is 2. The van der Waals surface area contributed by atoms with Gasteiger partial charge in [-0.25, -0.2) is 9.59 Å². The first kappa shape index (κ1) is 30.3. The van der Waals surface area contributed by atoms with Gasteiger partial charge in [0.05, 0.1) is 36.6 Å². The highest BCUT2D eigenvalue weighted by atomic mass is 16.5. The number of hydrogen-bond donors (Lipinski definition) is 2. The van der Waals surface area contributed by atoms with Crippen LogP contribution in [0, 0.1) is 10.8 Å². The summed E-state index contributed by atoms with van der Waals surface area (Å²) in [6.07, 6.45) is 0. The Hall–Kier alpha value is -4.21. The molecule has 0 fully saturated rings. The predicted octanol–water partition coefficient (Wildman–Crippen LogP) is 4.39. The second-order valence-electron chi connectivity index (χ2n) is 11.7. The average Bonchev–Trinajstić information content (AvgIpc) is 2.98. The van der Waals surface area contributed by atoms with Gasteiger partial charge < -0.3 is 25.2 Å². The number of anilines is 3. The van der Waals surface area contributed by atoms with Crippen LogP contribution in [-0.2, 0) is 19.1 Å². The summed E-state index contributed by atoms with van der Waals surface area (Å²) in [6.45, 7) is 12.2. The zero-order chi connectivity index (χ0) is 29.8. The fourth-order valence-electron chi connectivity index (χ4n) is 4.10. The Balaban J connectivity index is 1.97. The lowest BCUT2D eigenvalue weighted by Gasteiger charge is -2.31. The zero-order valence-electron chi connectivity index (χ0n) is 24.2. The van der Waals surface area contributed by atoms with Crippen molar-refractivity contribution in [2.24, 2.45) is 10.8 Å². The first-order valence-corrected chi connectivity index (χ1v) is 13.2. The van der Waals surface area contributed by atoms with Gasteiger partial charge in [-0.05, 0) is 37.3 Å². The first-order chi connectivity index (χ1) is 18.6. The van der Waals surface area contributed by atoms with Gasteiger partial charge in [-0.3, -0.25) is 14.4 Å². The smallest absolute Gasteiger partial charge is 0.338 e. The van der Waals surface area contributed by atoms with Crippen LogP contribution in [-0.4, -0.2) is 55.3 Å². The van der Waals surface area contributed by atoms with Gasteiger partial charge in [0.1, 0.15) is 6.04 Å². The Bertz CT molecular complexity index is 1310. The Morgan fingerprint density at radius 1 is 0.925 bits per heavy atom. The van der Waals surface area contributed by atoms with Gasteiger partial charge in [0.25, 0.3) is 5.91 Å².